The van der Waals surface area contributed by atoms with E-state index >= 15 is 0 Å². The molecule has 0 spiro atoms. The lowest BCUT2D eigenvalue weighted by Gasteiger charge is -2.22. The van der Waals surface area contributed by atoms with Crippen LogP contribution in [-0.4, -0.2) is 44.3 Å². The highest BCUT2D eigenvalue weighted by Gasteiger charge is 2.13. The summed E-state index contributed by atoms with van der Waals surface area (Å²) < 4.78 is 22.0. The Morgan fingerprint density at radius 3 is 2.86 bits per heavy atom. The number of nitrogens with zero attached hydrogens (tertiary/aromatic N) is 1. The van der Waals surface area contributed by atoms with E-state index in [1.807, 2.05) is 6.07 Å². The minimum atomic E-state index is -0.0463. The van der Waals surface area contributed by atoms with Gasteiger partial charge >= 0.3 is 0 Å². The van der Waals surface area contributed by atoms with E-state index in [1.54, 1.807) is 12.3 Å². The topological polar surface area (TPSA) is 49.8 Å². The Morgan fingerprint density at radius 2 is 2.05 bits per heavy atom. The zero-order chi connectivity index (χ0) is 14.8. The molecule has 1 atom stereocenters. The standard InChI is InChI=1S/C15H22ClNO4/c16-14-11-13(4-5-17-14)12-19-8-7-18-9-10-21-15-3-1-2-6-20-15/h4-5,11,15H,1-3,6-10,12H2. The highest BCUT2D eigenvalue weighted by atomic mass is 35.5. The average molecular weight is 316 g/mol. The van der Waals surface area contributed by atoms with Crippen LogP contribution in [0.25, 0.3) is 0 Å². The van der Waals surface area contributed by atoms with Crippen molar-refractivity contribution in [3.8, 4) is 0 Å². The fourth-order valence-corrected chi connectivity index (χ4v) is 2.22. The Labute approximate surface area is 130 Å². The van der Waals surface area contributed by atoms with Crippen molar-refractivity contribution in [2.45, 2.75) is 32.2 Å². The third kappa shape index (κ3) is 7.20. The summed E-state index contributed by atoms with van der Waals surface area (Å²) in [4.78, 5) is 3.92. The number of hydrogen-bond donors (Lipinski definition) is 0. The summed E-state index contributed by atoms with van der Waals surface area (Å²) in [5.41, 5.74) is 1.01. The Balaban J connectivity index is 1.41. The van der Waals surface area contributed by atoms with E-state index < -0.39 is 0 Å². The van der Waals surface area contributed by atoms with Crippen LogP contribution >= 0.6 is 11.6 Å². The molecule has 2 heterocycles. The number of ether oxygens (including phenoxy) is 4. The summed E-state index contributed by atoms with van der Waals surface area (Å²) in [6.45, 7) is 3.53. The first-order valence-electron chi connectivity index (χ1n) is 7.34. The maximum absolute atomic E-state index is 5.79. The highest BCUT2D eigenvalue weighted by Crippen LogP contribution is 2.13. The Hall–Kier alpha value is -0.720. The molecule has 6 heteroatoms. The van der Waals surface area contributed by atoms with Gasteiger partial charge in [-0.3, -0.25) is 0 Å². The molecule has 2 rings (SSSR count). The van der Waals surface area contributed by atoms with Crippen molar-refractivity contribution in [3.63, 3.8) is 0 Å². The molecule has 1 aromatic heterocycles. The molecule has 118 valence electrons. The van der Waals surface area contributed by atoms with Crippen molar-refractivity contribution in [1.29, 1.82) is 0 Å². The second-order valence-corrected chi connectivity index (χ2v) is 5.21. The van der Waals surface area contributed by atoms with Gasteiger partial charge in [-0.25, -0.2) is 4.98 Å². The van der Waals surface area contributed by atoms with Gasteiger partial charge in [0.2, 0.25) is 0 Å². The van der Waals surface area contributed by atoms with E-state index in [0.717, 1.165) is 25.0 Å². The summed E-state index contributed by atoms with van der Waals surface area (Å²) in [6.07, 6.45) is 4.92. The normalized spacial score (nSPS) is 18.8. The van der Waals surface area contributed by atoms with Crippen LogP contribution in [0.2, 0.25) is 5.15 Å². The number of rotatable bonds is 9. The molecule has 5 nitrogen and oxygen atoms in total. The van der Waals surface area contributed by atoms with Crippen molar-refractivity contribution in [2.75, 3.05) is 33.0 Å². The first kappa shape index (κ1) is 16.6. The van der Waals surface area contributed by atoms with Gasteiger partial charge in [0, 0.05) is 12.8 Å². The first-order valence-corrected chi connectivity index (χ1v) is 7.71. The minimum Gasteiger partial charge on any atom is -0.377 e. The van der Waals surface area contributed by atoms with Gasteiger partial charge in [0.25, 0.3) is 0 Å². The molecule has 0 N–H and O–H groups in total. The summed E-state index contributed by atoms with van der Waals surface area (Å²) in [5.74, 6) is 0. The van der Waals surface area contributed by atoms with Crippen molar-refractivity contribution in [1.82, 2.24) is 4.98 Å². The molecule has 1 unspecified atom stereocenters. The van der Waals surface area contributed by atoms with E-state index in [4.69, 9.17) is 30.5 Å². The monoisotopic (exact) mass is 315 g/mol. The molecule has 1 aromatic rings. The maximum atomic E-state index is 5.79. The van der Waals surface area contributed by atoms with Crippen molar-refractivity contribution in [3.05, 3.63) is 29.0 Å². The molecule has 0 aliphatic carbocycles. The SMILES string of the molecule is Clc1cc(COCCOCCOC2CCCCO2)ccn1. The lowest BCUT2D eigenvalue weighted by Crippen LogP contribution is -2.24. The Bertz CT molecular complexity index is 399. The van der Waals surface area contributed by atoms with E-state index in [2.05, 4.69) is 4.98 Å². The van der Waals surface area contributed by atoms with Gasteiger partial charge in [0.1, 0.15) is 5.15 Å². The zero-order valence-corrected chi connectivity index (χ0v) is 12.9. The fourth-order valence-electron chi connectivity index (χ4n) is 2.02. The quantitative estimate of drug-likeness (QED) is 0.518. The van der Waals surface area contributed by atoms with Gasteiger partial charge in [-0.15, -0.1) is 0 Å². The van der Waals surface area contributed by atoms with Crippen molar-refractivity contribution < 1.29 is 18.9 Å². The molecule has 0 radical (unpaired) electrons. The number of aromatic nitrogens is 1. The lowest BCUT2D eigenvalue weighted by atomic mass is 10.2. The van der Waals surface area contributed by atoms with Crippen LogP contribution in [-0.2, 0) is 25.6 Å². The molecule has 0 bridgehead atoms. The third-order valence-corrected chi connectivity index (χ3v) is 3.31. The van der Waals surface area contributed by atoms with Crippen LogP contribution in [0.3, 0.4) is 0 Å². The van der Waals surface area contributed by atoms with Crippen LogP contribution < -0.4 is 0 Å². The summed E-state index contributed by atoms with van der Waals surface area (Å²) >= 11 is 5.79. The molecule has 1 aliphatic heterocycles. The molecular weight excluding hydrogens is 294 g/mol. The molecule has 21 heavy (non-hydrogen) atoms. The first-order chi connectivity index (χ1) is 10.3. The summed E-state index contributed by atoms with van der Waals surface area (Å²) in [5, 5.41) is 0.481. The van der Waals surface area contributed by atoms with Crippen LogP contribution in [0.4, 0.5) is 0 Å². The van der Waals surface area contributed by atoms with Crippen molar-refractivity contribution in [2.24, 2.45) is 0 Å². The lowest BCUT2D eigenvalue weighted by molar-refractivity contribution is -0.169. The summed E-state index contributed by atoms with van der Waals surface area (Å²) in [6, 6.07) is 3.67. The maximum Gasteiger partial charge on any atom is 0.157 e. The average Bonchev–Trinajstić information content (AvgIpc) is 2.51. The third-order valence-electron chi connectivity index (χ3n) is 3.10. The van der Waals surface area contributed by atoms with E-state index in [-0.39, 0.29) is 6.29 Å². The molecule has 1 aliphatic rings. The van der Waals surface area contributed by atoms with Gasteiger partial charge < -0.3 is 18.9 Å². The molecular formula is C15H22ClNO4. The molecule has 0 aromatic carbocycles. The fraction of sp³-hybridized carbons (Fsp3) is 0.667. The van der Waals surface area contributed by atoms with Gasteiger partial charge in [-0.1, -0.05) is 11.6 Å². The molecule has 0 saturated carbocycles. The minimum absolute atomic E-state index is 0.0463. The Morgan fingerprint density at radius 1 is 1.19 bits per heavy atom. The summed E-state index contributed by atoms with van der Waals surface area (Å²) in [7, 11) is 0. The number of hydrogen-bond acceptors (Lipinski definition) is 5. The van der Waals surface area contributed by atoms with Gasteiger partial charge in [-0.05, 0) is 37.0 Å². The molecule has 1 saturated heterocycles. The Kier molecular flexibility index (Phi) is 7.99. The second kappa shape index (κ2) is 10.1. The predicted octanol–water partition coefficient (Wildman–Crippen LogP) is 2.81. The largest absolute Gasteiger partial charge is 0.377 e. The van der Waals surface area contributed by atoms with E-state index in [0.29, 0.717) is 38.2 Å². The molecule has 0 amide bonds. The van der Waals surface area contributed by atoms with E-state index in [1.165, 1.54) is 6.42 Å². The smallest absolute Gasteiger partial charge is 0.157 e. The van der Waals surface area contributed by atoms with Crippen molar-refractivity contribution >= 4 is 11.6 Å². The van der Waals surface area contributed by atoms with Crippen LogP contribution in [0, 0.1) is 0 Å². The van der Waals surface area contributed by atoms with E-state index in [9.17, 15) is 0 Å². The van der Waals surface area contributed by atoms with Gasteiger partial charge in [-0.2, -0.15) is 0 Å². The molecule has 1 fully saturated rings. The van der Waals surface area contributed by atoms with Crippen LogP contribution in [0.1, 0.15) is 24.8 Å². The second-order valence-electron chi connectivity index (χ2n) is 4.82. The van der Waals surface area contributed by atoms with Gasteiger partial charge in [0.05, 0.1) is 33.0 Å². The zero-order valence-electron chi connectivity index (χ0n) is 12.1. The number of halogens is 1. The highest BCUT2D eigenvalue weighted by molar-refractivity contribution is 6.29. The predicted molar refractivity (Wildman–Crippen MR) is 79.3 cm³/mol. The number of pyridine rings is 1. The van der Waals surface area contributed by atoms with Crippen LogP contribution in [0.15, 0.2) is 18.3 Å². The van der Waals surface area contributed by atoms with Gasteiger partial charge in [0.15, 0.2) is 6.29 Å². The van der Waals surface area contributed by atoms with Crippen LogP contribution in [0.5, 0.6) is 0 Å².